The van der Waals surface area contributed by atoms with Gasteiger partial charge in [0, 0.05) is 49.4 Å². The first-order valence-electron chi connectivity index (χ1n) is 9.13. The molecule has 1 atom stereocenters. The van der Waals surface area contributed by atoms with Crippen LogP contribution in [0.15, 0.2) is 41.7 Å². The van der Waals surface area contributed by atoms with E-state index in [1.807, 2.05) is 55.3 Å². The molecule has 0 spiro atoms. The fourth-order valence-electron chi connectivity index (χ4n) is 2.99. The summed E-state index contributed by atoms with van der Waals surface area (Å²) in [4.78, 5) is 18.1. The summed E-state index contributed by atoms with van der Waals surface area (Å²) in [5.74, 6) is 0.953. The van der Waals surface area contributed by atoms with Crippen LogP contribution in [-0.2, 0) is 11.3 Å². The smallest absolute Gasteiger partial charge is 0.222 e. The highest BCUT2D eigenvalue weighted by atomic mass is 35.5. The fourth-order valence-corrected chi connectivity index (χ4v) is 3.12. The van der Waals surface area contributed by atoms with Gasteiger partial charge in [0.1, 0.15) is 0 Å². The molecule has 3 rings (SSSR count). The lowest BCUT2D eigenvalue weighted by atomic mass is 10.1. The van der Waals surface area contributed by atoms with Crippen molar-refractivity contribution in [3.63, 3.8) is 0 Å². The predicted octanol–water partition coefficient (Wildman–Crippen LogP) is 2.20. The molecule has 1 aromatic heterocycles. The van der Waals surface area contributed by atoms with Gasteiger partial charge in [-0.3, -0.25) is 4.79 Å². The SMILES string of the molecule is CCNC(=NCc1cnn(-c2ccc(Cl)cc2)c1)NC1CCC(=O)N(C)C1. The maximum atomic E-state index is 11.6. The molecule has 1 saturated heterocycles. The number of hydrogen-bond donors (Lipinski definition) is 2. The second kappa shape index (κ2) is 8.90. The number of benzene rings is 1. The zero-order valence-corrected chi connectivity index (χ0v) is 16.4. The van der Waals surface area contributed by atoms with Gasteiger partial charge >= 0.3 is 0 Å². The minimum absolute atomic E-state index is 0.199. The number of likely N-dealkylation sites (N-methyl/N-ethyl adjacent to an activating group) is 1. The predicted molar refractivity (Wildman–Crippen MR) is 107 cm³/mol. The maximum absolute atomic E-state index is 11.6. The first-order valence-corrected chi connectivity index (χ1v) is 9.51. The first kappa shape index (κ1) is 19.2. The minimum atomic E-state index is 0.199. The van der Waals surface area contributed by atoms with Crippen LogP contribution in [0.1, 0.15) is 25.3 Å². The number of aliphatic imine (C=N–C) groups is 1. The van der Waals surface area contributed by atoms with Crippen LogP contribution in [-0.4, -0.2) is 52.7 Å². The van der Waals surface area contributed by atoms with Crippen molar-refractivity contribution in [1.29, 1.82) is 0 Å². The topological polar surface area (TPSA) is 74.5 Å². The summed E-state index contributed by atoms with van der Waals surface area (Å²) in [6, 6.07) is 7.75. The lowest BCUT2D eigenvalue weighted by molar-refractivity contribution is -0.132. The van der Waals surface area contributed by atoms with E-state index in [-0.39, 0.29) is 11.9 Å². The number of carbonyl (C=O) groups is 1. The molecule has 1 fully saturated rings. The van der Waals surface area contributed by atoms with E-state index in [4.69, 9.17) is 11.6 Å². The van der Waals surface area contributed by atoms with Crippen molar-refractivity contribution in [2.24, 2.45) is 4.99 Å². The third kappa shape index (κ3) is 5.23. The third-order valence-corrected chi connectivity index (χ3v) is 4.71. The van der Waals surface area contributed by atoms with Gasteiger partial charge < -0.3 is 15.5 Å². The first-order chi connectivity index (χ1) is 13.0. The molecule has 2 N–H and O–H groups in total. The summed E-state index contributed by atoms with van der Waals surface area (Å²) in [5, 5.41) is 11.8. The molecule has 0 bridgehead atoms. The van der Waals surface area contributed by atoms with Gasteiger partial charge in [-0.25, -0.2) is 9.67 Å². The van der Waals surface area contributed by atoms with Crippen LogP contribution in [0.4, 0.5) is 0 Å². The van der Waals surface area contributed by atoms with Gasteiger partial charge in [0.25, 0.3) is 0 Å². The van der Waals surface area contributed by atoms with Crippen molar-refractivity contribution in [1.82, 2.24) is 25.3 Å². The largest absolute Gasteiger partial charge is 0.357 e. The molecule has 1 aromatic carbocycles. The van der Waals surface area contributed by atoms with Gasteiger partial charge in [-0.2, -0.15) is 5.10 Å². The Morgan fingerprint density at radius 2 is 2.15 bits per heavy atom. The molecule has 0 radical (unpaired) electrons. The van der Waals surface area contributed by atoms with E-state index in [0.29, 0.717) is 24.5 Å². The van der Waals surface area contributed by atoms with Crippen LogP contribution in [0, 0.1) is 0 Å². The molecule has 8 heteroatoms. The van der Waals surface area contributed by atoms with E-state index >= 15 is 0 Å². The molecular formula is C19H25ClN6O. The number of hydrogen-bond acceptors (Lipinski definition) is 3. The average molecular weight is 389 g/mol. The zero-order valence-electron chi connectivity index (χ0n) is 15.7. The van der Waals surface area contributed by atoms with Crippen LogP contribution in [0.2, 0.25) is 5.02 Å². The summed E-state index contributed by atoms with van der Waals surface area (Å²) in [7, 11) is 1.84. The number of likely N-dealkylation sites (tertiary alicyclic amines) is 1. The highest BCUT2D eigenvalue weighted by molar-refractivity contribution is 6.30. The molecular weight excluding hydrogens is 364 g/mol. The molecule has 27 heavy (non-hydrogen) atoms. The van der Waals surface area contributed by atoms with Crippen LogP contribution < -0.4 is 10.6 Å². The highest BCUT2D eigenvalue weighted by Crippen LogP contribution is 2.14. The van der Waals surface area contributed by atoms with E-state index in [1.165, 1.54) is 0 Å². The normalized spacial score (nSPS) is 17.9. The molecule has 2 heterocycles. The number of nitrogens with one attached hydrogen (secondary N) is 2. The van der Waals surface area contributed by atoms with Gasteiger partial charge in [0.2, 0.25) is 5.91 Å². The lowest BCUT2D eigenvalue weighted by Crippen LogP contribution is -2.51. The summed E-state index contributed by atoms with van der Waals surface area (Å²) in [5.41, 5.74) is 1.97. The number of nitrogens with zero attached hydrogens (tertiary/aromatic N) is 4. The van der Waals surface area contributed by atoms with Gasteiger partial charge in [-0.15, -0.1) is 0 Å². The molecule has 0 saturated carbocycles. The van der Waals surface area contributed by atoms with Gasteiger partial charge in [-0.05, 0) is 37.6 Å². The van der Waals surface area contributed by atoms with Crippen LogP contribution in [0.5, 0.6) is 0 Å². The number of rotatable bonds is 5. The zero-order chi connectivity index (χ0) is 19.2. The van der Waals surface area contributed by atoms with E-state index in [2.05, 4.69) is 20.7 Å². The van der Waals surface area contributed by atoms with E-state index < -0.39 is 0 Å². The Kier molecular flexibility index (Phi) is 6.34. The van der Waals surface area contributed by atoms with Crippen molar-refractivity contribution < 1.29 is 4.79 Å². The Labute approximate surface area is 164 Å². The van der Waals surface area contributed by atoms with Crippen molar-refractivity contribution in [2.45, 2.75) is 32.4 Å². The molecule has 1 unspecified atom stereocenters. The molecule has 2 aromatic rings. The molecule has 1 aliphatic heterocycles. The van der Waals surface area contributed by atoms with Crippen LogP contribution >= 0.6 is 11.6 Å². The van der Waals surface area contributed by atoms with E-state index in [0.717, 1.165) is 30.2 Å². The molecule has 144 valence electrons. The number of guanidine groups is 1. The summed E-state index contributed by atoms with van der Waals surface area (Å²) in [6.07, 6.45) is 5.17. The second-order valence-corrected chi connectivity index (χ2v) is 7.06. The summed E-state index contributed by atoms with van der Waals surface area (Å²) < 4.78 is 1.81. The number of amides is 1. The van der Waals surface area contributed by atoms with Crippen molar-refractivity contribution in [3.8, 4) is 5.69 Å². The Morgan fingerprint density at radius 3 is 2.85 bits per heavy atom. The van der Waals surface area contributed by atoms with E-state index in [9.17, 15) is 4.79 Å². The summed E-state index contributed by atoms with van der Waals surface area (Å²) in [6.45, 7) is 4.02. The maximum Gasteiger partial charge on any atom is 0.222 e. The standard InChI is InChI=1S/C19H25ClN6O/c1-3-21-19(24-16-6-9-18(27)25(2)13-16)22-10-14-11-23-26(12-14)17-7-4-15(20)5-8-17/h4-5,7-8,11-12,16H,3,6,9-10,13H2,1-2H3,(H2,21,22,24). The monoisotopic (exact) mass is 388 g/mol. The van der Waals surface area contributed by atoms with Crippen LogP contribution in [0.25, 0.3) is 5.69 Å². The van der Waals surface area contributed by atoms with Gasteiger partial charge in [-0.1, -0.05) is 11.6 Å². The molecule has 1 aliphatic rings. The Bertz CT molecular complexity index is 801. The second-order valence-electron chi connectivity index (χ2n) is 6.62. The van der Waals surface area contributed by atoms with Crippen LogP contribution in [0.3, 0.4) is 0 Å². The highest BCUT2D eigenvalue weighted by Gasteiger charge is 2.23. The Hall–Kier alpha value is -2.54. The molecule has 1 amide bonds. The summed E-state index contributed by atoms with van der Waals surface area (Å²) >= 11 is 5.93. The van der Waals surface area contributed by atoms with Gasteiger partial charge in [0.05, 0.1) is 18.4 Å². The van der Waals surface area contributed by atoms with Crippen molar-refractivity contribution in [2.75, 3.05) is 20.1 Å². The quantitative estimate of drug-likeness (QED) is 0.608. The number of piperidine rings is 1. The Morgan fingerprint density at radius 1 is 1.37 bits per heavy atom. The number of halogens is 1. The number of carbonyl (C=O) groups excluding carboxylic acids is 1. The van der Waals surface area contributed by atoms with Gasteiger partial charge in [0.15, 0.2) is 5.96 Å². The third-order valence-electron chi connectivity index (χ3n) is 4.46. The molecule has 7 nitrogen and oxygen atoms in total. The molecule has 0 aliphatic carbocycles. The Balaban J connectivity index is 1.63. The number of aromatic nitrogens is 2. The van der Waals surface area contributed by atoms with Crippen molar-refractivity contribution >= 4 is 23.5 Å². The van der Waals surface area contributed by atoms with Crippen molar-refractivity contribution in [3.05, 3.63) is 47.2 Å². The fraction of sp³-hybridized carbons (Fsp3) is 0.421. The van der Waals surface area contributed by atoms with E-state index in [1.54, 1.807) is 4.90 Å². The minimum Gasteiger partial charge on any atom is -0.357 e. The average Bonchev–Trinajstić information content (AvgIpc) is 3.12. The lowest BCUT2D eigenvalue weighted by Gasteiger charge is -2.31.